The topological polar surface area (TPSA) is 69.6 Å². The molecule has 1 aromatic carbocycles. The lowest BCUT2D eigenvalue weighted by molar-refractivity contribution is -0.144. The molecule has 0 atom stereocenters. The van der Waals surface area contributed by atoms with Crippen molar-refractivity contribution in [3.05, 3.63) is 47.2 Å². The summed E-state index contributed by atoms with van der Waals surface area (Å²) in [6.45, 7) is -0.0621. The number of anilines is 1. The molecule has 142 valence electrons. The lowest BCUT2D eigenvalue weighted by Crippen LogP contribution is -2.15. The van der Waals surface area contributed by atoms with Crippen molar-refractivity contribution >= 4 is 17.1 Å². The summed E-state index contributed by atoms with van der Waals surface area (Å²) in [5, 5.41) is 0. The molecule has 0 spiro atoms. The van der Waals surface area contributed by atoms with Crippen molar-refractivity contribution in [2.75, 3.05) is 5.73 Å². The fourth-order valence-corrected chi connectivity index (χ4v) is 3.60. The minimum atomic E-state index is -4.69. The molecule has 1 saturated carbocycles. The molecule has 9 heteroatoms. The van der Waals surface area contributed by atoms with Crippen molar-refractivity contribution in [3.63, 3.8) is 0 Å². The number of halogens is 4. The summed E-state index contributed by atoms with van der Waals surface area (Å²) < 4.78 is 55.4. The van der Waals surface area contributed by atoms with Gasteiger partial charge in [-0.25, -0.2) is 19.3 Å². The standard InChI is InChI=1S/C18H17F4N5/c19-12-8-4-3-7-11(12)9-27-15-14(25-17(27)23)13(10-5-1-2-6-10)24-16(26-15)18(20,21)22/h3-4,7-8,10H,1-2,5-6,9H2,(H2,23,25). The maximum Gasteiger partial charge on any atom is 0.451 e. The highest BCUT2D eigenvalue weighted by atomic mass is 19.4. The molecule has 2 heterocycles. The van der Waals surface area contributed by atoms with Crippen LogP contribution in [0.2, 0.25) is 0 Å². The smallest absolute Gasteiger partial charge is 0.369 e. The van der Waals surface area contributed by atoms with E-state index in [0.717, 1.165) is 25.7 Å². The Morgan fingerprint density at radius 1 is 1.07 bits per heavy atom. The van der Waals surface area contributed by atoms with E-state index >= 15 is 0 Å². The molecular weight excluding hydrogens is 362 g/mol. The van der Waals surface area contributed by atoms with Gasteiger partial charge in [0.15, 0.2) is 5.65 Å². The van der Waals surface area contributed by atoms with Crippen molar-refractivity contribution in [1.29, 1.82) is 0 Å². The predicted octanol–water partition coefficient (Wildman–Crippen LogP) is 4.27. The summed E-state index contributed by atoms with van der Waals surface area (Å²) in [5.41, 5.74) is 6.78. The van der Waals surface area contributed by atoms with Gasteiger partial charge < -0.3 is 5.73 Å². The Balaban J connectivity index is 1.91. The van der Waals surface area contributed by atoms with Gasteiger partial charge in [-0.05, 0) is 18.9 Å². The summed E-state index contributed by atoms with van der Waals surface area (Å²) in [6, 6.07) is 6.01. The summed E-state index contributed by atoms with van der Waals surface area (Å²) in [6.07, 6.45) is -1.32. The summed E-state index contributed by atoms with van der Waals surface area (Å²) in [4.78, 5) is 11.7. The number of alkyl halides is 3. The quantitative estimate of drug-likeness (QED) is 0.690. The molecule has 1 aliphatic rings. The van der Waals surface area contributed by atoms with Crippen LogP contribution in [0.3, 0.4) is 0 Å². The van der Waals surface area contributed by atoms with Crippen LogP contribution < -0.4 is 5.73 Å². The molecule has 3 aromatic rings. The third-order valence-electron chi connectivity index (χ3n) is 4.93. The van der Waals surface area contributed by atoms with Gasteiger partial charge in [0.2, 0.25) is 11.8 Å². The van der Waals surface area contributed by atoms with E-state index in [2.05, 4.69) is 15.0 Å². The van der Waals surface area contributed by atoms with E-state index in [1.807, 2.05) is 0 Å². The van der Waals surface area contributed by atoms with E-state index in [4.69, 9.17) is 5.73 Å². The minimum absolute atomic E-state index is 0.0128. The van der Waals surface area contributed by atoms with Gasteiger partial charge in [0.1, 0.15) is 11.3 Å². The van der Waals surface area contributed by atoms with E-state index in [1.54, 1.807) is 12.1 Å². The zero-order chi connectivity index (χ0) is 19.2. The van der Waals surface area contributed by atoms with Crippen LogP contribution in [0, 0.1) is 5.82 Å². The predicted molar refractivity (Wildman–Crippen MR) is 91.4 cm³/mol. The highest BCUT2D eigenvalue weighted by Crippen LogP contribution is 2.38. The summed E-state index contributed by atoms with van der Waals surface area (Å²) in [7, 11) is 0. The lowest BCUT2D eigenvalue weighted by atomic mass is 10.0. The second kappa shape index (κ2) is 6.47. The van der Waals surface area contributed by atoms with Gasteiger partial charge in [-0.15, -0.1) is 0 Å². The maximum absolute atomic E-state index is 14.0. The van der Waals surface area contributed by atoms with Gasteiger partial charge in [-0.2, -0.15) is 13.2 Å². The molecule has 0 saturated heterocycles. The van der Waals surface area contributed by atoms with Gasteiger partial charge in [-0.1, -0.05) is 31.0 Å². The first-order valence-electron chi connectivity index (χ1n) is 8.69. The van der Waals surface area contributed by atoms with Crippen molar-refractivity contribution < 1.29 is 17.6 Å². The van der Waals surface area contributed by atoms with Crippen LogP contribution in [-0.2, 0) is 12.7 Å². The Hall–Kier alpha value is -2.71. The molecule has 0 unspecified atom stereocenters. The molecule has 2 N–H and O–H groups in total. The first-order valence-corrected chi connectivity index (χ1v) is 8.69. The molecule has 4 rings (SSSR count). The number of aromatic nitrogens is 4. The molecule has 0 radical (unpaired) electrons. The number of fused-ring (bicyclic) bond motifs is 1. The first-order chi connectivity index (χ1) is 12.8. The van der Waals surface area contributed by atoms with E-state index in [1.165, 1.54) is 16.7 Å². The molecule has 2 aromatic heterocycles. The average Bonchev–Trinajstić information content (AvgIpc) is 3.24. The number of imidazole rings is 1. The lowest BCUT2D eigenvalue weighted by Gasteiger charge is -2.13. The Bertz CT molecular complexity index is 989. The highest BCUT2D eigenvalue weighted by molar-refractivity contribution is 5.77. The number of hydrogen-bond acceptors (Lipinski definition) is 4. The minimum Gasteiger partial charge on any atom is -0.369 e. The number of rotatable bonds is 3. The number of nitrogens with two attached hydrogens (primary N) is 1. The molecular formula is C18H17F4N5. The van der Waals surface area contributed by atoms with Crippen molar-refractivity contribution in [2.45, 2.75) is 44.3 Å². The Labute approximate surface area is 152 Å². The van der Waals surface area contributed by atoms with E-state index in [0.29, 0.717) is 0 Å². The Morgan fingerprint density at radius 2 is 1.78 bits per heavy atom. The van der Waals surface area contributed by atoms with Gasteiger partial charge in [0.25, 0.3) is 0 Å². The average molecular weight is 379 g/mol. The zero-order valence-corrected chi connectivity index (χ0v) is 14.3. The fraction of sp³-hybridized carbons (Fsp3) is 0.389. The summed E-state index contributed by atoms with van der Waals surface area (Å²) >= 11 is 0. The summed E-state index contributed by atoms with van der Waals surface area (Å²) in [5.74, 6) is -1.81. The van der Waals surface area contributed by atoms with Gasteiger partial charge in [0, 0.05) is 11.5 Å². The molecule has 0 bridgehead atoms. The van der Waals surface area contributed by atoms with Crippen LogP contribution in [0.4, 0.5) is 23.5 Å². The van der Waals surface area contributed by atoms with Crippen LogP contribution in [0.15, 0.2) is 24.3 Å². The molecule has 0 amide bonds. The van der Waals surface area contributed by atoms with E-state index in [-0.39, 0.29) is 40.8 Å². The number of benzene rings is 1. The van der Waals surface area contributed by atoms with E-state index in [9.17, 15) is 17.6 Å². The second-order valence-electron chi connectivity index (χ2n) is 6.73. The molecule has 5 nitrogen and oxygen atoms in total. The highest BCUT2D eigenvalue weighted by Gasteiger charge is 2.37. The Morgan fingerprint density at radius 3 is 2.44 bits per heavy atom. The normalized spacial score (nSPS) is 15.7. The monoisotopic (exact) mass is 379 g/mol. The molecule has 0 aliphatic heterocycles. The maximum atomic E-state index is 14.0. The van der Waals surface area contributed by atoms with E-state index < -0.39 is 17.8 Å². The first kappa shape index (κ1) is 17.7. The zero-order valence-electron chi connectivity index (χ0n) is 14.3. The van der Waals surface area contributed by atoms with Crippen LogP contribution in [0.25, 0.3) is 11.2 Å². The van der Waals surface area contributed by atoms with Crippen LogP contribution in [-0.4, -0.2) is 19.5 Å². The number of nitrogens with zero attached hydrogens (tertiary/aromatic N) is 4. The Kier molecular flexibility index (Phi) is 4.24. The van der Waals surface area contributed by atoms with Gasteiger partial charge in [0.05, 0.1) is 12.2 Å². The second-order valence-corrected chi connectivity index (χ2v) is 6.73. The van der Waals surface area contributed by atoms with Gasteiger partial charge >= 0.3 is 6.18 Å². The molecule has 1 aliphatic carbocycles. The van der Waals surface area contributed by atoms with Crippen LogP contribution in [0.5, 0.6) is 0 Å². The van der Waals surface area contributed by atoms with Crippen molar-refractivity contribution in [3.8, 4) is 0 Å². The third-order valence-corrected chi connectivity index (χ3v) is 4.93. The van der Waals surface area contributed by atoms with Crippen LogP contribution in [0.1, 0.15) is 48.7 Å². The van der Waals surface area contributed by atoms with Gasteiger partial charge in [-0.3, -0.25) is 4.57 Å². The third kappa shape index (κ3) is 3.22. The van der Waals surface area contributed by atoms with Crippen molar-refractivity contribution in [2.24, 2.45) is 0 Å². The molecule has 27 heavy (non-hydrogen) atoms. The largest absolute Gasteiger partial charge is 0.451 e. The van der Waals surface area contributed by atoms with Crippen LogP contribution >= 0.6 is 0 Å². The number of hydrogen-bond donors (Lipinski definition) is 1. The number of nitrogen functional groups attached to an aromatic ring is 1. The van der Waals surface area contributed by atoms with Crippen molar-refractivity contribution in [1.82, 2.24) is 19.5 Å². The molecule has 1 fully saturated rings. The fourth-order valence-electron chi connectivity index (χ4n) is 3.60. The SMILES string of the molecule is Nc1nc2c(C3CCCC3)nc(C(F)(F)F)nc2n1Cc1ccccc1F.